The molecule has 3 aliphatic rings. The van der Waals surface area contributed by atoms with Crippen molar-refractivity contribution in [3.8, 4) is 0 Å². The van der Waals surface area contributed by atoms with Gasteiger partial charge in [-0.25, -0.2) is 0 Å². The van der Waals surface area contributed by atoms with Gasteiger partial charge in [0.1, 0.15) is 17.7 Å². The second-order valence-electron chi connectivity index (χ2n) is 13.2. The van der Waals surface area contributed by atoms with Crippen LogP contribution >= 0.6 is 15.9 Å². The van der Waals surface area contributed by atoms with Crippen molar-refractivity contribution in [2.45, 2.75) is 94.1 Å². The van der Waals surface area contributed by atoms with E-state index in [2.05, 4.69) is 34.4 Å². The number of carbonyl (C=O) groups excluding carboxylic acids is 4. The first-order chi connectivity index (χ1) is 21.9. The van der Waals surface area contributed by atoms with Crippen molar-refractivity contribution in [1.29, 1.82) is 0 Å². The molecule has 11 heteroatoms. The van der Waals surface area contributed by atoms with E-state index < -0.39 is 53.6 Å². The number of rotatable bonds is 16. The maximum absolute atomic E-state index is 14.6. The Morgan fingerprint density at radius 3 is 2.48 bits per heavy atom. The summed E-state index contributed by atoms with van der Waals surface area (Å²) in [4.78, 5) is 58.6. The lowest BCUT2D eigenvalue weighted by molar-refractivity contribution is -0.161. The van der Waals surface area contributed by atoms with Crippen molar-refractivity contribution >= 4 is 39.6 Å². The lowest BCUT2D eigenvalue weighted by Gasteiger charge is -2.40. The van der Waals surface area contributed by atoms with Crippen LogP contribution < -0.4 is 5.32 Å². The van der Waals surface area contributed by atoms with Crippen molar-refractivity contribution in [3.05, 3.63) is 61.2 Å². The first kappa shape index (κ1) is 35.8. The summed E-state index contributed by atoms with van der Waals surface area (Å²) in [7, 11) is 0. The Kier molecular flexibility index (Phi) is 11.9. The van der Waals surface area contributed by atoms with Gasteiger partial charge in [-0.2, -0.15) is 0 Å². The maximum Gasteiger partial charge on any atom is 0.313 e. The monoisotopic (exact) mass is 701 g/mol. The van der Waals surface area contributed by atoms with Gasteiger partial charge >= 0.3 is 5.97 Å². The smallest absolute Gasteiger partial charge is 0.313 e. The Labute approximate surface area is 280 Å². The highest BCUT2D eigenvalue weighted by molar-refractivity contribution is 9.09. The van der Waals surface area contributed by atoms with Crippen molar-refractivity contribution in [1.82, 2.24) is 15.1 Å². The minimum atomic E-state index is -1.30. The number of aliphatic hydroxyl groups is 1. The molecule has 2 N–H and O–H groups in total. The quantitative estimate of drug-likeness (QED) is 0.152. The van der Waals surface area contributed by atoms with Crippen LogP contribution in [0.1, 0.15) is 65.0 Å². The van der Waals surface area contributed by atoms with Crippen LogP contribution in [0.5, 0.6) is 0 Å². The molecule has 3 heterocycles. The second kappa shape index (κ2) is 15.3. The average molecular weight is 703 g/mol. The molecule has 1 spiro atoms. The van der Waals surface area contributed by atoms with Crippen LogP contribution in [0, 0.1) is 17.8 Å². The number of hydrogen-bond acceptors (Lipinski definition) is 7. The molecule has 1 unspecified atom stereocenters. The number of hydrogen-bond donors (Lipinski definition) is 2. The van der Waals surface area contributed by atoms with Crippen molar-refractivity contribution in [2.75, 3.05) is 19.7 Å². The highest BCUT2D eigenvalue weighted by Gasteiger charge is 2.77. The lowest BCUT2D eigenvalue weighted by Crippen LogP contribution is -2.60. The average Bonchev–Trinajstić information content (AvgIpc) is 3.62. The second-order valence-corrected chi connectivity index (χ2v) is 14.4. The summed E-state index contributed by atoms with van der Waals surface area (Å²) < 4.78 is 12.8. The van der Waals surface area contributed by atoms with Crippen molar-refractivity contribution in [2.24, 2.45) is 17.8 Å². The highest BCUT2D eigenvalue weighted by Crippen LogP contribution is 2.61. The van der Waals surface area contributed by atoms with Gasteiger partial charge < -0.3 is 29.7 Å². The minimum Gasteiger partial charge on any atom is -0.455 e. The summed E-state index contributed by atoms with van der Waals surface area (Å²) in [5.41, 5.74) is -0.605. The van der Waals surface area contributed by atoms with Gasteiger partial charge in [0.25, 0.3) is 0 Å². The zero-order valence-electron chi connectivity index (χ0n) is 27.3. The molecule has 3 saturated heterocycles. The number of amides is 3. The SMILES string of the molecule is C=CCCC(=O)NC[C@@H](OC(=O)[C@H]1[C@@H]2O[C@@]3(CC2Br)[C@@H]1C(=O)N([C@@H](CO)CC(C)C)[C@@H]3C(=O)N(CC=C)C(C)C)c1ccccc1. The minimum absolute atomic E-state index is 0.0462. The first-order valence-electron chi connectivity index (χ1n) is 16.2. The Balaban J connectivity index is 1.72. The van der Waals surface area contributed by atoms with E-state index in [4.69, 9.17) is 9.47 Å². The maximum atomic E-state index is 14.6. The molecule has 0 saturated carbocycles. The topological polar surface area (TPSA) is 125 Å². The van der Waals surface area contributed by atoms with Gasteiger partial charge in [-0.05, 0) is 44.6 Å². The zero-order chi connectivity index (χ0) is 33.8. The van der Waals surface area contributed by atoms with E-state index in [1.54, 1.807) is 17.1 Å². The largest absolute Gasteiger partial charge is 0.455 e. The summed E-state index contributed by atoms with van der Waals surface area (Å²) >= 11 is 3.71. The van der Waals surface area contributed by atoms with E-state index in [0.717, 1.165) is 0 Å². The van der Waals surface area contributed by atoms with Gasteiger partial charge in [-0.15, -0.1) is 13.2 Å². The fraction of sp³-hybridized carbons (Fsp3) is 0.600. The number of nitrogens with zero attached hydrogens (tertiary/aromatic N) is 2. The Bertz CT molecular complexity index is 1290. The molecule has 3 fully saturated rings. The molecule has 0 radical (unpaired) electrons. The number of carbonyl (C=O) groups is 4. The van der Waals surface area contributed by atoms with Gasteiger partial charge in [0.15, 0.2) is 0 Å². The molecule has 1 aromatic rings. The number of halogens is 1. The number of benzene rings is 1. The van der Waals surface area contributed by atoms with Gasteiger partial charge in [-0.3, -0.25) is 19.2 Å². The van der Waals surface area contributed by atoms with Crippen LogP contribution in [0.25, 0.3) is 0 Å². The third-order valence-corrected chi connectivity index (χ3v) is 10.1. The number of fused-ring (bicyclic) bond motifs is 1. The number of ether oxygens (including phenoxy) is 2. The third kappa shape index (κ3) is 6.96. The molecule has 4 rings (SSSR count). The van der Waals surface area contributed by atoms with E-state index in [-0.39, 0.29) is 54.7 Å². The number of esters is 1. The molecular formula is C35H48BrN3O7. The van der Waals surface area contributed by atoms with Crippen LogP contribution in [-0.4, -0.2) is 93.0 Å². The molecule has 0 aliphatic carbocycles. The molecule has 8 atom stereocenters. The van der Waals surface area contributed by atoms with Crippen LogP contribution in [-0.2, 0) is 28.7 Å². The fourth-order valence-corrected chi connectivity index (χ4v) is 8.27. The van der Waals surface area contributed by atoms with E-state index in [0.29, 0.717) is 24.8 Å². The molecule has 252 valence electrons. The summed E-state index contributed by atoms with van der Waals surface area (Å²) in [5, 5.41) is 13.4. The van der Waals surface area contributed by atoms with Gasteiger partial charge in [0.2, 0.25) is 17.7 Å². The van der Waals surface area contributed by atoms with Crippen LogP contribution in [0.3, 0.4) is 0 Å². The molecule has 2 bridgehead atoms. The first-order valence-corrected chi connectivity index (χ1v) is 17.1. The van der Waals surface area contributed by atoms with Crippen LogP contribution in [0.15, 0.2) is 55.6 Å². The van der Waals surface area contributed by atoms with Gasteiger partial charge in [0.05, 0.1) is 37.1 Å². The molecule has 10 nitrogen and oxygen atoms in total. The summed E-state index contributed by atoms with van der Waals surface area (Å²) in [5.74, 6) is -3.37. The number of nitrogens with one attached hydrogen (secondary N) is 1. The van der Waals surface area contributed by atoms with E-state index in [9.17, 15) is 24.3 Å². The Morgan fingerprint density at radius 2 is 1.89 bits per heavy atom. The van der Waals surface area contributed by atoms with Crippen molar-refractivity contribution < 1.29 is 33.8 Å². The number of alkyl halides is 1. The van der Waals surface area contributed by atoms with E-state index in [1.807, 2.05) is 58.0 Å². The number of likely N-dealkylation sites (tertiary alicyclic amines) is 1. The predicted octanol–water partition coefficient (Wildman–Crippen LogP) is 3.93. The summed E-state index contributed by atoms with van der Waals surface area (Å²) in [6.45, 7) is 15.2. The summed E-state index contributed by atoms with van der Waals surface area (Å²) in [6.07, 6.45) is 3.37. The lowest BCUT2D eigenvalue weighted by atomic mass is 9.70. The standard InChI is InChI=1S/C35H48BrN3O7/c1-7-9-15-27(41)37-19-26(23-13-11-10-12-14-23)45-34(44)28-29-32(42)39(24(20-40)17-21(3)4)31(33(43)38(16-8-2)22(5)6)35(29)18-25(36)30(28)46-35/h7-8,10-14,21-22,24-26,28-31,40H,1-2,9,15-20H2,3-6H3,(H,37,41)/t24-,25?,26-,28-,29+,30-,31-,35+/m1/s1. The number of allylic oxidation sites excluding steroid dienone is 1. The van der Waals surface area contributed by atoms with Crippen molar-refractivity contribution in [3.63, 3.8) is 0 Å². The molecule has 0 aromatic heterocycles. The van der Waals surface area contributed by atoms with E-state index >= 15 is 0 Å². The zero-order valence-corrected chi connectivity index (χ0v) is 28.9. The molecule has 46 heavy (non-hydrogen) atoms. The Hall–Kier alpha value is -3.02. The van der Waals surface area contributed by atoms with E-state index in [1.165, 1.54) is 4.90 Å². The number of aliphatic hydroxyl groups excluding tert-OH is 1. The molecular weight excluding hydrogens is 654 g/mol. The normalized spacial score (nSPS) is 27.8. The van der Waals surface area contributed by atoms with Crippen LogP contribution in [0.4, 0.5) is 0 Å². The van der Waals surface area contributed by atoms with Gasteiger partial charge in [-0.1, -0.05) is 72.3 Å². The molecule has 1 aromatic carbocycles. The third-order valence-electron chi connectivity index (χ3n) is 9.30. The van der Waals surface area contributed by atoms with Crippen LogP contribution in [0.2, 0.25) is 0 Å². The highest BCUT2D eigenvalue weighted by atomic mass is 79.9. The Morgan fingerprint density at radius 1 is 1.20 bits per heavy atom. The fourth-order valence-electron chi connectivity index (χ4n) is 7.32. The molecule has 3 aliphatic heterocycles. The summed E-state index contributed by atoms with van der Waals surface area (Å²) in [6, 6.07) is 7.24. The predicted molar refractivity (Wildman–Crippen MR) is 178 cm³/mol. The molecule has 3 amide bonds. The van der Waals surface area contributed by atoms with Gasteiger partial charge in [0, 0.05) is 23.8 Å².